The molecule has 210 valence electrons. The fraction of sp³-hybridized carbons (Fsp3) is 0.0930. The van der Waals surface area contributed by atoms with Crippen LogP contribution in [-0.4, -0.2) is 0 Å². The second-order valence-corrected chi connectivity index (χ2v) is 11.4. The Morgan fingerprint density at radius 2 is 1.09 bits per heavy atom. The van der Waals surface area contributed by atoms with Crippen molar-refractivity contribution in [2.45, 2.75) is 25.7 Å². The Balaban J connectivity index is 0.00000142. The van der Waals surface area contributed by atoms with Crippen molar-refractivity contribution in [3.05, 3.63) is 202 Å². The van der Waals surface area contributed by atoms with Gasteiger partial charge < -0.3 is 4.90 Å². The lowest BCUT2D eigenvalue weighted by Crippen LogP contribution is -2.27. The summed E-state index contributed by atoms with van der Waals surface area (Å²) in [4.78, 5) is 2.41. The number of benzene rings is 5. The Morgan fingerprint density at radius 3 is 1.73 bits per heavy atom. The molecule has 0 heterocycles. The highest BCUT2D eigenvalue weighted by Gasteiger charge is 2.53. The molecule has 44 heavy (non-hydrogen) atoms. The summed E-state index contributed by atoms with van der Waals surface area (Å²) in [7, 11) is 0. The first kappa shape index (κ1) is 26.3. The van der Waals surface area contributed by atoms with Crippen LogP contribution in [0.4, 0.5) is 5.69 Å². The van der Waals surface area contributed by atoms with Crippen LogP contribution in [0.2, 0.25) is 0 Å². The summed E-state index contributed by atoms with van der Waals surface area (Å²) in [6, 6.07) is 48.4. The minimum atomic E-state index is -0.311. The zero-order chi connectivity index (χ0) is 29.7. The average molecular weight is 564 g/mol. The van der Waals surface area contributed by atoms with E-state index in [1.54, 1.807) is 0 Å². The standard InChI is InChI=1S/C41H27N.C2H6/c1-3-13-28(14-4-1)29-23-24-31(25-29)42(30-15-5-2-6-16-30)32-26-36-35-19-9-12-22-39(35)41(40(36)27-32)37-20-10-7-17-33(37)34-18-8-11-21-38(34)41;1-2/h1-24,27H,26H2;1-2H3. The van der Waals surface area contributed by atoms with Crippen molar-refractivity contribution in [1.29, 1.82) is 0 Å². The molecular weight excluding hydrogens is 530 g/mol. The van der Waals surface area contributed by atoms with Gasteiger partial charge in [0.2, 0.25) is 0 Å². The van der Waals surface area contributed by atoms with Crippen molar-refractivity contribution in [1.82, 2.24) is 0 Å². The maximum absolute atomic E-state index is 3.75. The smallest absolute Gasteiger partial charge is 0.0894 e. The van der Waals surface area contributed by atoms with Gasteiger partial charge in [0.05, 0.1) is 11.1 Å². The quantitative estimate of drug-likeness (QED) is 0.197. The number of rotatable bonds is 4. The van der Waals surface area contributed by atoms with Crippen molar-refractivity contribution in [3.8, 4) is 11.1 Å². The molecule has 4 aliphatic rings. The largest absolute Gasteiger partial charge is 0.307 e. The molecule has 0 aromatic heterocycles. The number of para-hydroxylation sites is 1. The molecule has 0 fully saturated rings. The van der Waals surface area contributed by atoms with E-state index in [-0.39, 0.29) is 5.41 Å². The van der Waals surface area contributed by atoms with Gasteiger partial charge in [-0.3, -0.25) is 0 Å². The summed E-state index contributed by atoms with van der Waals surface area (Å²) in [5.41, 5.74) is 20.3. The summed E-state index contributed by atoms with van der Waals surface area (Å²) in [5, 5.41) is 0. The van der Waals surface area contributed by atoms with Crippen LogP contribution in [-0.2, 0) is 5.41 Å². The molecular formula is C43H33N. The number of fused-ring (bicyclic) bond motifs is 9. The van der Waals surface area contributed by atoms with Crippen LogP contribution in [0.15, 0.2) is 174 Å². The molecule has 0 unspecified atom stereocenters. The van der Waals surface area contributed by atoms with Gasteiger partial charge in [-0.05, 0) is 80.5 Å². The molecule has 4 aliphatic carbocycles. The van der Waals surface area contributed by atoms with E-state index in [1.807, 2.05) is 13.8 Å². The molecule has 0 saturated carbocycles. The maximum Gasteiger partial charge on any atom is 0.0894 e. The number of allylic oxidation sites excluding steroid dienone is 5. The van der Waals surface area contributed by atoms with Crippen LogP contribution in [0, 0.1) is 0 Å². The van der Waals surface area contributed by atoms with E-state index in [0.717, 1.165) is 23.4 Å². The first-order chi connectivity index (χ1) is 21.8. The van der Waals surface area contributed by atoms with E-state index in [0.29, 0.717) is 0 Å². The third-order valence-corrected chi connectivity index (χ3v) is 9.30. The Morgan fingerprint density at radius 1 is 0.568 bits per heavy atom. The first-order valence-corrected chi connectivity index (χ1v) is 15.7. The van der Waals surface area contributed by atoms with Crippen molar-refractivity contribution in [3.63, 3.8) is 0 Å². The summed E-state index contributed by atoms with van der Waals surface area (Å²) in [6.45, 7) is 4.00. The molecule has 5 aromatic rings. The van der Waals surface area contributed by atoms with Gasteiger partial charge in [-0.2, -0.15) is 0 Å². The zero-order valence-corrected chi connectivity index (χ0v) is 25.1. The summed E-state index contributed by atoms with van der Waals surface area (Å²) in [6.07, 6.45) is 7.76. The number of hydrogen-bond acceptors (Lipinski definition) is 1. The fourth-order valence-electron chi connectivity index (χ4n) is 7.67. The van der Waals surface area contributed by atoms with E-state index in [9.17, 15) is 0 Å². The van der Waals surface area contributed by atoms with Gasteiger partial charge in [-0.1, -0.05) is 141 Å². The van der Waals surface area contributed by atoms with Crippen LogP contribution < -0.4 is 4.90 Å². The van der Waals surface area contributed by atoms with Gasteiger partial charge in [0.25, 0.3) is 0 Å². The zero-order valence-electron chi connectivity index (χ0n) is 25.1. The lowest BCUT2D eigenvalue weighted by Gasteiger charge is -2.32. The van der Waals surface area contributed by atoms with Gasteiger partial charge in [0, 0.05) is 23.4 Å². The van der Waals surface area contributed by atoms with Gasteiger partial charge in [0.1, 0.15) is 0 Å². The molecule has 0 radical (unpaired) electrons. The van der Waals surface area contributed by atoms with Crippen LogP contribution in [0.25, 0.3) is 22.3 Å². The molecule has 5 aromatic carbocycles. The van der Waals surface area contributed by atoms with Gasteiger partial charge in [-0.25, -0.2) is 0 Å². The van der Waals surface area contributed by atoms with Crippen molar-refractivity contribution in [2.75, 3.05) is 4.90 Å². The molecule has 0 saturated heterocycles. The van der Waals surface area contributed by atoms with Crippen molar-refractivity contribution >= 4 is 16.8 Å². The number of hydrogen-bond donors (Lipinski definition) is 0. The van der Waals surface area contributed by atoms with Crippen LogP contribution in [0.5, 0.6) is 0 Å². The molecule has 9 rings (SSSR count). The minimum absolute atomic E-state index is 0.311. The fourth-order valence-corrected chi connectivity index (χ4v) is 7.67. The Labute approximate surface area is 260 Å². The summed E-state index contributed by atoms with van der Waals surface area (Å²) < 4.78 is 0. The topological polar surface area (TPSA) is 3.24 Å². The molecule has 1 nitrogen and oxygen atoms in total. The molecule has 1 heteroatoms. The van der Waals surface area contributed by atoms with Crippen LogP contribution in [0.1, 0.15) is 48.1 Å². The highest BCUT2D eigenvalue weighted by Crippen LogP contribution is 2.64. The Hall–Kier alpha value is -5.36. The maximum atomic E-state index is 3.75. The van der Waals surface area contributed by atoms with Crippen LogP contribution in [0.3, 0.4) is 0 Å². The SMILES string of the molecule is C1=C(c2ccccc2)C=CC=1N(C1=CC2=C(C1)c1ccccc1C21c2ccccc2-c2ccccc21)c1ccccc1.CC. The Kier molecular flexibility index (Phi) is 6.22. The van der Waals surface area contributed by atoms with Gasteiger partial charge >= 0.3 is 0 Å². The lowest BCUT2D eigenvalue weighted by atomic mass is 9.70. The lowest BCUT2D eigenvalue weighted by molar-refractivity contribution is 0.786. The predicted octanol–water partition coefficient (Wildman–Crippen LogP) is 10.7. The summed E-state index contributed by atoms with van der Waals surface area (Å²) in [5.74, 6) is 0. The minimum Gasteiger partial charge on any atom is -0.307 e. The van der Waals surface area contributed by atoms with Gasteiger partial charge in [0.15, 0.2) is 0 Å². The van der Waals surface area contributed by atoms with E-state index in [2.05, 4.69) is 162 Å². The monoisotopic (exact) mass is 563 g/mol. The molecule has 0 aliphatic heterocycles. The van der Waals surface area contributed by atoms with Crippen molar-refractivity contribution in [2.24, 2.45) is 0 Å². The number of anilines is 1. The van der Waals surface area contributed by atoms with Crippen LogP contribution >= 0.6 is 0 Å². The van der Waals surface area contributed by atoms with Crippen molar-refractivity contribution < 1.29 is 0 Å². The average Bonchev–Trinajstić information content (AvgIpc) is 3.87. The normalized spacial score (nSPS) is 15.9. The molecule has 0 atom stereocenters. The van der Waals surface area contributed by atoms with Gasteiger partial charge in [-0.15, -0.1) is 0 Å². The number of nitrogens with zero attached hydrogens (tertiary/aromatic N) is 1. The molecule has 0 bridgehead atoms. The second kappa shape index (κ2) is 10.4. The molecule has 1 spiro atoms. The Bertz CT molecular complexity index is 2040. The molecule has 0 N–H and O–H groups in total. The first-order valence-electron chi connectivity index (χ1n) is 15.7. The van der Waals surface area contributed by atoms with E-state index in [4.69, 9.17) is 0 Å². The molecule has 0 amide bonds. The predicted molar refractivity (Wildman–Crippen MR) is 184 cm³/mol. The van der Waals surface area contributed by atoms with E-state index >= 15 is 0 Å². The second-order valence-electron chi connectivity index (χ2n) is 11.4. The van der Waals surface area contributed by atoms with E-state index in [1.165, 1.54) is 55.8 Å². The van der Waals surface area contributed by atoms with E-state index < -0.39 is 0 Å². The third kappa shape index (κ3) is 3.67. The highest BCUT2D eigenvalue weighted by molar-refractivity contribution is 5.98. The summed E-state index contributed by atoms with van der Waals surface area (Å²) >= 11 is 0. The third-order valence-electron chi connectivity index (χ3n) is 9.30. The highest BCUT2D eigenvalue weighted by atomic mass is 15.2.